The summed E-state index contributed by atoms with van der Waals surface area (Å²) in [7, 11) is 1.43. The molecule has 9 heteroatoms. The van der Waals surface area contributed by atoms with Crippen molar-refractivity contribution in [2.45, 2.75) is 0 Å². The number of carbonyl (C=O) groups is 1. The minimum absolute atomic E-state index is 0.210. The van der Waals surface area contributed by atoms with E-state index in [9.17, 15) is 4.79 Å². The van der Waals surface area contributed by atoms with Gasteiger partial charge in [0.05, 0.1) is 31.2 Å². The van der Waals surface area contributed by atoms with Crippen molar-refractivity contribution < 1.29 is 23.7 Å². The predicted octanol–water partition coefficient (Wildman–Crippen LogP) is 4.38. The van der Waals surface area contributed by atoms with E-state index in [0.29, 0.717) is 17.2 Å². The van der Waals surface area contributed by atoms with Crippen LogP contribution in [-0.4, -0.2) is 23.0 Å². The third-order valence-corrected chi connectivity index (χ3v) is 3.69. The number of hydrogen-bond donors (Lipinski definition) is 2. The highest BCUT2D eigenvalue weighted by Gasteiger charge is 2.11. The molecule has 0 amide bonds. The number of carbonyl (C=O) groups excluding carboxylic acids is 1. The van der Waals surface area contributed by atoms with Crippen molar-refractivity contribution in [2.24, 2.45) is 0 Å². The zero-order valence-electron chi connectivity index (χ0n) is 15.3. The Hall–Kier alpha value is -3.72. The number of nitrogens with one attached hydrogen (secondary N) is 1. The van der Waals surface area contributed by atoms with E-state index in [-0.39, 0.29) is 17.5 Å². The van der Waals surface area contributed by atoms with E-state index >= 15 is 0 Å². The number of para-hydroxylation sites is 4. The van der Waals surface area contributed by atoms with Crippen LogP contribution in [0.25, 0.3) is 0 Å². The molecular formula is C20H17N3O5S. The summed E-state index contributed by atoms with van der Waals surface area (Å²) in [5, 5.41) is 0. The summed E-state index contributed by atoms with van der Waals surface area (Å²) in [4.78, 5) is 19.9. The predicted molar refractivity (Wildman–Crippen MR) is 109 cm³/mol. The average Bonchev–Trinajstić information content (AvgIpc) is 2.74. The van der Waals surface area contributed by atoms with Gasteiger partial charge in [0, 0.05) is 0 Å². The lowest BCUT2D eigenvalue weighted by Crippen LogP contribution is -2.05. The summed E-state index contributed by atoms with van der Waals surface area (Å²) >= 11 is 4.05. The first-order valence-corrected chi connectivity index (χ1v) is 8.81. The first kappa shape index (κ1) is 20.0. The lowest BCUT2D eigenvalue weighted by Gasteiger charge is -2.11. The number of ether oxygens (including phenoxy) is 4. The van der Waals surface area contributed by atoms with Crippen molar-refractivity contribution in [1.29, 1.82) is 0 Å². The fourth-order valence-corrected chi connectivity index (χ4v) is 2.38. The molecule has 0 aliphatic carbocycles. The number of esters is 1. The largest absolute Gasteiger partial charge is 0.504 e. The summed E-state index contributed by atoms with van der Waals surface area (Å²) in [6, 6.07) is 15.5. The number of aromatic nitrogens is 2. The number of anilines is 1. The Morgan fingerprint density at radius 1 is 0.966 bits per heavy atom. The number of hydrogen-bond acceptors (Lipinski definition) is 9. The van der Waals surface area contributed by atoms with Crippen LogP contribution in [0.4, 0.5) is 5.69 Å². The molecule has 0 aliphatic heterocycles. The van der Waals surface area contributed by atoms with Crippen LogP contribution in [0, 0.1) is 0 Å². The Morgan fingerprint density at radius 3 is 2.28 bits per heavy atom. The summed E-state index contributed by atoms with van der Waals surface area (Å²) in [6.45, 7) is 0. The van der Waals surface area contributed by atoms with E-state index in [0.717, 1.165) is 6.08 Å². The SMILES string of the molecule is COC=CC(=O)Oc1ccccc1Oc1cc(Oc2ccccc2NS)ncn1. The van der Waals surface area contributed by atoms with Crippen molar-refractivity contribution in [3.8, 4) is 29.0 Å². The molecule has 0 atom stereocenters. The molecule has 0 fully saturated rings. The highest BCUT2D eigenvalue weighted by molar-refractivity contribution is 7.81. The Labute approximate surface area is 172 Å². The van der Waals surface area contributed by atoms with Crippen molar-refractivity contribution in [3.63, 3.8) is 0 Å². The number of methoxy groups -OCH3 is 1. The number of rotatable bonds is 8. The van der Waals surface area contributed by atoms with Gasteiger partial charge in [0.15, 0.2) is 17.2 Å². The molecular weight excluding hydrogens is 394 g/mol. The molecule has 1 heterocycles. The summed E-state index contributed by atoms with van der Waals surface area (Å²) in [6.07, 6.45) is 3.68. The van der Waals surface area contributed by atoms with Crippen LogP contribution in [0.2, 0.25) is 0 Å². The Morgan fingerprint density at radius 2 is 1.59 bits per heavy atom. The molecule has 0 saturated carbocycles. The third-order valence-electron chi connectivity index (χ3n) is 3.45. The van der Waals surface area contributed by atoms with Gasteiger partial charge in [-0.3, -0.25) is 0 Å². The molecule has 29 heavy (non-hydrogen) atoms. The van der Waals surface area contributed by atoms with Crippen molar-refractivity contribution in [2.75, 3.05) is 11.8 Å². The maximum absolute atomic E-state index is 11.8. The highest BCUT2D eigenvalue weighted by atomic mass is 32.1. The Kier molecular flexibility index (Phi) is 6.90. The fraction of sp³-hybridized carbons (Fsp3) is 0.0500. The lowest BCUT2D eigenvalue weighted by molar-refractivity contribution is -0.129. The van der Waals surface area contributed by atoms with Crippen LogP contribution in [0.3, 0.4) is 0 Å². The van der Waals surface area contributed by atoms with Gasteiger partial charge in [-0.2, -0.15) is 0 Å². The zero-order chi connectivity index (χ0) is 20.5. The maximum atomic E-state index is 11.8. The second kappa shape index (κ2) is 10.00. The van der Waals surface area contributed by atoms with Gasteiger partial charge in [-0.05, 0) is 24.3 Å². The van der Waals surface area contributed by atoms with Crippen molar-refractivity contribution in [1.82, 2.24) is 9.97 Å². The highest BCUT2D eigenvalue weighted by Crippen LogP contribution is 2.33. The zero-order valence-corrected chi connectivity index (χ0v) is 16.2. The van der Waals surface area contributed by atoms with Crippen LogP contribution >= 0.6 is 12.8 Å². The van der Waals surface area contributed by atoms with Crippen molar-refractivity contribution in [3.05, 3.63) is 73.3 Å². The first-order valence-electron chi connectivity index (χ1n) is 8.36. The molecule has 0 radical (unpaired) electrons. The quantitative estimate of drug-likeness (QED) is 0.185. The molecule has 0 aliphatic rings. The monoisotopic (exact) mass is 411 g/mol. The van der Waals surface area contributed by atoms with Crippen LogP contribution in [0.15, 0.2) is 73.3 Å². The molecule has 0 saturated heterocycles. The molecule has 0 spiro atoms. The van der Waals surface area contributed by atoms with Crippen LogP contribution < -0.4 is 18.9 Å². The molecule has 0 bridgehead atoms. The van der Waals surface area contributed by atoms with Gasteiger partial charge in [-0.1, -0.05) is 37.1 Å². The summed E-state index contributed by atoms with van der Waals surface area (Å²) in [5.74, 6) is 0.931. The van der Waals surface area contributed by atoms with Gasteiger partial charge in [0.2, 0.25) is 11.8 Å². The molecule has 3 aromatic rings. The van der Waals surface area contributed by atoms with Gasteiger partial charge in [-0.15, -0.1) is 0 Å². The van der Waals surface area contributed by atoms with E-state index < -0.39 is 5.97 Å². The summed E-state index contributed by atoms with van der Waals surface area (Å²) in [5.41, 5.74) is 0.679. The van der Waals surface area contributed by atoms with Crippen molar-refractivity contribution >= 4 is 24.5 Å². The number of thiol groups is 1. The number of nitrogens with zero attached hydrogens (tertiary/aromatic N) is 2. The minimum atomic E-state index is -0.606. The smallest absolute Gasteiger partial charge is 0.339 e. The molecule has 1 N–H and O–H groups in total. The normalized spacial score (nSPS) is 10.4. The van der Waals surface area contributed by atoms with Crippen LogP contribution in [0.1, 0.15) is 0 Å². The van der Waals surface area contributed by atoms with Crippen LogP contribution in [-0.2, 0) is 9.53 Å². The first-order chi connectivity index (χ1) is 14.2. The summed E-state index contributed by atoms with van der Waals surface area (Å²) < 4.78 is 24.2. The fourth-order valence-electron chi connectivity index (χ4n) is 2.19. The van der Waals surface area contributed by atoms with Gasteiger partial charge in [0.25, 0.3) is 0 Å². The standard InChI is InChI=1S/C20H17N3O5S/c1-25-11-10-20(24)28-17-9-5-4-8-16(17)27-19-12-18(21-13-22-19)26-15-7-3-2-6-14(15)23-29/h2-13,23,29H,1H3. The molecule has 148 valence electrons. The molecule has 3 rings (SSSR count). The van der Waals surface area contributed by atoms with Gasteiger partial charge >= 0.3 is 5.97 Å². The topological polar surface area (TPSA) is 91.8 Å². The van der Waals surface area contributed by atoms with E-state index in [4.69, 9.17) is 18.9 Å². The van der Waals surface area contributed by atoms with Gasteiger partial charge in [-0.25, -0.2) is 14.8 Å². The second-order valence-corrected chi connectivity index (χ2v) is 5.64. The van der Waals surface area contributed by atoms with E-state index in [1.807, 2.05) is 18.2 Å². The average molecular weight is 411 g/mol. The Balaban J connectivity index is 1.77. The Bertz CT molecular complexity index is 1010. The van der Waals surface area contributed by atoms with E-state index in [1.165, 1.54) is 25.8 Å². The molecule has 2 aromatic carbocycles. The third kappa shape index (κ3) is 5.63. The number of benzene rings is 2. The molecule has 8 nitrogen and oxygen atoms in total. The van der Waals surface area contributed by atoms with E-state index in [1.54, 1.807) is 30.3 Å². The maximum Gasteiger partial charge on any atom is 0.339 e. The minimum Gasteiger partial charge on any atom is -0.504 e. The van der Waals surface area contributed by atoms with Crippen LogP contribution in [0.5, 0.6) is 29.0 Å². The van der Waals surface area contributed by atoms with Gasteiger partial charge < -0.3 is 23.7 Å². The molecule has 1 aromatic heterocycles. The second-order valence-electron chi connectivity index (χ2n) is 5.41. The van der Waals surface area contributed by atoms with Gasteiger partial charge in [0.1, 0.15) is 6.33 Å². The molecule has 0 unspecified atom stereocenters. The lowest BCUT2D eigenvalue weighted by atomic mass is 10.3. The van der Waals surface area contributed by atoms with E-state index in [2.05, 4.69) is 27.5 Å².